The van der Waals surface area contributed by atoms with Crippen molar-refractivity contribution < 1.29 is 14.1 Å². The number of nitro benzene ring substituents is 1. The van der Waals surface area contributed by atoms with Crippen molar-refractivity contribution in [1.82, 2.24) is 0 Å². The second-order valence-electron chi connectivity index (χ2n) is 4.64. The van der Waals surface area contributed by atoms with Gasteiger partial charge in [0, 0.05) is 11.8 Å². The molecule has 114 valence electrons. The quantitative estimate of drug-likeness (QED) is 0.656. The Balaban J connectivity index is 2.05. The molecule has 0 heterocycles. The number of halogens is 1. The lowest BCUT2D eigenvalue weighted by Gasteiger charge is -2.15. The zero-order valence-corrected chi connectivity index (χ0v) is 11.7. The second kappa shape index (κ2) is 6.66. The van der Waals surface area contributed by atoms with Gasteiger partial charge in [0.05, 0.1) is 4.92 Å². The molecule has 1 atom stereocenters. The molecule has 0 bridgehead atoms. The molecule has 0 aromatic heterocycles. The Bertz CT molecular complexity index is 689. The fourth-order valence-corrected chi connectivity index (χ4v) is 1.84. The molecule has 0 aliphatic carbocycles. The van der Waals surface area contributed by atoms with Gasteiger partial charge in [-0.05, 0) is 37.3 Å². The molecule has 1 unspecified atom stereocenters. The van der Waals surface area contributed by atoms with Gasteiger partial charge in [0.1, 0.15) is 17.5 Å². The molecule has 1 amide bonds. The van der Waals surface area contributed by atoms with Crippen molar-refractivity contribution >= 4 is 23.0 Å². The Morgan fingerprint density at radius 3 is 2.45 bits per heavy atom. The number of para-hydroxylation sites is 2. The highest BCUT2D eigenvalue weighted by molar-refractivity contribution is 5.97. The van der Waals surface area contributed by atoms with E-state index in [1.54, 1.807) is 13.0 Å². The van der Waals surface area contributed by atoms with Crippen LogP contribution in [0.25, 0.3) is 0 Å². The first-order valence-electron chi connectivity index (χ1n) is 6.54. The molecule has 0 fully saturated rings. The van der Waals surface area contributed by atoms with E-state index in [0.717, 1.165) is 0 Å². The fourth-order valence-electron chi connectivity index (χ4n) is 1.84. The monoisotopic (exact) mass is 303 g/mol. The summed E-state index contributed by atoms with van der Waals surface area (Å²) < 4.78 is 12.8. The summed E-state index contributed by atoms with van der Waals surface area (Å²) in [4.78, 5) is 22.4. The van der Waals surface area contributed by atoms with Gasteiger partial charge in [-0.2, -0.15) is 0 Å². The van der Waals surface area contributed by atoms with Crippen molar-refractivity contribution in [2.24, 2.45) is 0 Å². The van der Waals surface area contributed by atoms with Crippen molar-refractivity contribution in [1.29, 1.82) is 0 Å². The van der Waals surface area contributed by atoms with Crippen molar-refractivity contribution in [3.05, 3.63) is 64.5 Å². The summed E-state index contributed by atoms with van der Waals surface area (Å²) in [6, 6.07) is 10.8. The molecule has 2 aromatic rings. The lowest BCUT2D eigenvalue weighted by atomic mass is 10.2. The molecule has 22 heavy (non-hydrogen) atoms. The summed E-state index contributed by atoms with van der Waals surface area (Å²) in [5.74, 6) is -0.804. The number of rotatable bonds is 5. The van der Waals surface area contributed by atoms with E-state index in [4.69, 9.17) is 0 Å². The molecule has 0 saturated heterocycles. The van der Waals surface area contributed by atoms with E-state index in [1.807, 2.05) is 0 Å². The number of nitro groups is 1. The molecule has 6 nitrogen and oxygen atoms in total. The smallest absolute Gasteiger partial charge is 0.292 e. The summed E-state index contributed by atoms with van der Waals surface area (Å²) in [5, 5.41) is 16.3. The van der Waals surface area contributed by atoms with Crippen LogP contribution in [0, 0.1) is 15.9 Å². The fraction of sp³-hybridized carbons (Fsp3) is 0.133. The maximum atomic E-state index is 12.8. The van der Waals surface area contributed by atoms with Gasteiger partial charge in [-0.1, -0.05) is 12.1 Å². The predicted molar refractivity (Wildman–Crippen MR) is 81.2 cm³/mol. The van der Waals surface area contributed by atoms with Crippen molar-refractivity contribution in [3.63, 3.8) is 0 Å². The van der Waals surface area contributed by atoms with Crippen LogP contribution >= 0.6 is 0 Å². The number of carbonyl (C=O) groups excluding carboxylic acids is 1. The minimum absolute atomic E-state index is 0.130. The summed E-state index contributed by atoms with van der Waals surface area (Å²) in [5.41, 5.74) is 0.529. The minimum Gasteiger partial charge on any atom is -0.374 e. The van der Waals surface area contributed by atoms with Crippen LogP contribution in [0.1, 0.15) is 6.92 Å². The third-order valence-electron chi connectivity index (χ3n) is 2.98. The number of amides is 1. The highest BCUT2D eigenvalue weighted by atomic mass is 19.1. The largest absolute Gasteiger partial charge is 0.374 e. The number of benzene rings is 2. The SMILES string of the molecule is CC(Nc1ccc(F)cc1)C(=O)Nc1ccccc1[N+](=O)[O-]. The van der Waals surface area contributed by atoms with E-state index in [0.29, 0.717) is 5.69 Å². The Hall–Kier alpha value is -2.96. The number of anilines is 2. The lowest BCUT2D eigenvalue weighted by molar-refractivity contribution is -0.383. The van der Waals surface area contributed by atoms with Crippen LogP contribution < -0.4 is 10.6 Å². The summed E-state index contributed by atoms with van der Waals surface area (Å²) >= 11 is 0. The van der Waals surface area contributed by atoms with Gasteiger partial charge >= 0.3 is 0 Å². The first-order chi connectivity index (χ1) is 10.5. The molecular formula is C15H14FN3O3. The van der Waals surface area contributed by atoms with Crippen LogP contribution in [-0.4, -0.2) is 16.9 Å². The third-order valence-corrected chi connectivity index (χ3v) is 2.98. The minimum atomic E-state index is -0.648. The van der Waals surface area contributed by atoms with Crippen molar-refractivity contribution in [3.8, 4) is 0 Å². The molecule has 0 aliphatic heterocycles. The van der Waals surface area contributed by atoms with Crippen LogP contribution in [0.5, 0.6) is 0 Å². The topological polar surface area (TPSA) is 84.3 Å². The molecule has 7 heteroatoms. The summed E-state index contributed by atoms with van der Waals surface area (Å²) in [6.45, 7) is 1.60. The first kappa shape index (κ1) is 15.4. The molecule has 0 radical (unpaired) electrons. The number of hydrogen-bond acceptors (Lipinski definition) is 4. The van der Waals surface area contributed by atoms with E-state index < -0.39 is 16.9 Å². The van der Waals surface area contributed by atoms with Crippen LogP contribution in [0.15, 0.2) is 48.5 Å². The second-order valence-corrected chi connectivity index (χ2v) is 4.64. The molecule has 0 saturated carbocycles. The first-order valence-corrected chi connectivity index (χ1v) is 6.54. The third kappa shape index (κ3) is 3.78. The molecule has 2 aromatic carbocycles. The molecule has 0 aliphatic rings. The molecule has 0 spiro atoms. The highest BCUT2D eigenvalue weighted by Crippen LogP contribution is 2.23. The van der Waals surface area contributed by atoms with Crippen LogP contribution in [0.4, 0.5) is 21.5 Å². The van der Waals surface area contributed by atoms with Gasteiger partial charge in [0.2, 0.25) is 5.91 Å². The van der Waals surface area contributed by atoms with Crippen LogP contribution in [0.2, 0.25) is 0 Å². The van der Waals surface area contributed by atoms with Crippen molar-refractivity contribution in [2.75, 3.05) is 10.6 Å². The van der Waals surface area contributed by atoms with Crippen LogP contribution in [0.3, 0.4) is 0 Å². The van der Waals surface area contributed by atoms with Gasteiger partial charge in [-0.3, -0.25) is 14.9 Å². The maximum Gasteiger partial charge on any atom is 0.292 e. The van der Waals surface area contributed by atoms with Gasteiger partial charge in [0.25, 0.3) is 5.69 Å². The van der Waals surface area contributed by atoms with Gasteiger partial charge < -0.3 is 10.6 Å². The van der Waals surface area contributed by atoms with E-state index in [-0.39, 0.29) is 17.2 Å². The van der Waals surface area contributed by atoms with Gasteiger partial charge in [0.15, 0.2) is 0 Å². The Morgan fingerprint density at radius 1 is 1.18 bits per heavy atom. The summed E-state index contributed by atoms with van der Waals surface area (Å²) in [6.07, 6.45) is 0. The average molecular weight is 303 g/mol. The van der Waals surface area contributed by atoms with E-state index >= 15 is 0 Å². The predicted octanol–water partition coefficient (Wildman–Crippen LogP) is 3.17. The van der Waals surface area contributed by atoms with E-state index in [2.05, 4.69) is 10.6 Å². The molecule has 2 rings (SSSR count). The van der Waals surface area contributed by atoms with E-state index in [1.165, 1.54) is 42.5 Å². The van der Waals surface area contributed by atoms with Gasteiger partial charge in [-0.15, -0.1) is 0 Å². The normalized spacial score (nSPS) is 11.5. The van der Waals surface area contributed by atoms with Crippen molar-refractivity contribution in [2.45, 2.75) is 13.0 Å². The number of nitrogens with one attached hydrogen (secondary N) is 2. The molecule has 2 N–H and O–H groups in total. The number of carbonyl (C=O) groups is 1. The zero-order chi connectivity index (χ0) is 16.1. The highest BCUT2D eigenvalue weighted by Gasteiger charge is 2.18. The Kier molecular flexibility index (Phi) is 4.67. The standard InChI is InChI=1S/C15H14FN3O3/c1-10(17-12-8-6-11(16)7-9-12)15(20)18-13-4-2-3-5-14(13)19(21)22/h2-10,17H,1H3,(H,18,20). The maximum absolute atomic E-state index is 12.8. The Morgan fingerprint density at radius 2 is 1.82 bits per heavy atom. The zero-order valence-electron chi connectivity index (χ0n) is 11.7. The lowest BCUT2D eigenvalue weighted by Crippen LogP contribution is -2.32. The van der Waals surface area contributed by atoms with Gasteiger partial charge in [-0.25, -0.2) is 4.39 Å². The van der Waals surface area contributed by atoms with Crippen LogP contribution in [-0.2, 0) is 4.79 Å². The number of hydrogen-bond donors (Lipinski definition) is 2. The number of nitrogens with zero attached hydrogens (tertiary/aromatic N) is 1. The van der Waals surface area contributed by atoms with E-state index in [9.17, 15) is 19.3 Å². The Labute approximate surface area is 126 Å². The summed E-state index contributed by atoms with van der Waals surface area (Å²) in [7, 11) is 0. The molecular weight excluding hydrogens is 289 g/mol. The average Bonchev–Trinajstić information content (AvgIpc) is 2.49.